The van der Waals surface area contributed by atoms with Gasteiger partial charge in [-0.05, 0) is 29.0 Å². The molecule has 3 heteroatoms. The van der Waals surface area contributed by atoms with Gasteiger partial charge in [0.25, 0.3) is 0 Å². The lowest BCUT2D eigenvalue weighted by Crippen LogP contribution is -2.05. The van der Waals surface area contributed by atoms with E-state index in [4.69, 9.17) is 4.74 Å². The van der Waals surface area contributed by atoms with Crippen LogP contribution >= 0.6 is 15.9 Å². The molecular formula is C18H13BrO2. The fourth-order valence-electron chi connectivity index (χ4n) is 2.16. The van der Waals surface area contributed by atoms with Crippen LogP contribution in [0.5, 0.6) is 0 Å². The van der Waals surface area contributed by atoms with Gasteiger partial charge >= 0.3 is 5.97 Å². The van der Waals surface area contributed by atoms with Crippen LogP contribution in [0.15, 0.2) is 71.2 Å². The molecule has 0 unspecified atom stereocenters. The summed E-state index contributed by atoms with van der Waals surface area (Å²) in [5, 5.41) is 2.15. The summed E-state index contributed by atoms with van der Waals surface area (Å²) in [6, 6.07) is 21.2. The number of rotatable bonds is 3. The summed E-state index contributed by atoms with van der Waals surface area (Å²) < 4.78 is 6.32. The first kappa shape index (κ1) is 13.8. The molecule has 3 rings (SSSR count). The van der Waals surface area contributed by atoms with Crippen LogP contribution < -0.4 is 0 Å². The topological polar surface area (TPSA) is 26.3 Å². The predicted octanol–water partition coefficient (Wildman–Crippen LogP) is 4.96. The van der Waals surface area contributed by atoms with Gasteiger partial charge in [-0.3, -0.25) is 0 Å². The van der Waals surface area contributed by atoms with Gasteiger partial charge in [0.1, 0.15) is 6.61 Å². The van der Waals surface area contributed by atoms with Gasteiger partial charge in [0.15, 0.2) is 0 Å². The molecule has 0 amide bonds. The molecule has 0 heterocycles. The molecule has 0 radical (unpaired) electrons. The van der Waals surface area contributed by atoms with E-state index in [1.54, 1.807) is 6.07 Å². The van der Waals surface area contributed by atoms with E-state index < -0.39 is 0 Å². The molecule has 3 aromatic rings. The summed E-state index contributed by atoms with van der Waals surface area (Å²) in [4.78, 5) is 12.1. The molecule has 0 N–H and O–H groups in total. The Bertz CT molecular complexity index is 796. The molecule has 0 spiro atoms. The summed E-state index contributed by atoms with van der Waals surface area (Å²) >= 11 is 3.44. The fraction of sp³-hybridized carbons (Fsp3) is 0.0556. The molecule has 2 nitrogen and oxygen atoms in total. The minimum Gasteiger partial charge on any atom is -0.457 e. The highest BCUT2D eigenvalue weighted by Crippen LogP contribution is 2.19. The molecule has 3 aromatic carbocycles. The summed E-state index contributed by atoms with van der Waals surface area (Å²) in [6.07, 6.45) is 0. The maximum Gasteiger partial charge on any atom is 0.338 e. The molecule has 0 aliphatic heterocycles. The van der Waals surface area contributed by atoms with E-state index in [2.05, 4.69) is 15.9 Å². The third-order valence-corrected chi connectivity index (χ3v) is 4.08. The van der Waals surface area contributed by atoms with Gasteiger partial charge in [0.2, 0.25) is 0 Å². The molecule has 0 aromatic heterocycles. The summed E-state index contributed by atoms with van der Waals surface area (Å²) in [7, 11) is 0. The minimum absolute atomic E-state index is 0.257. The van der Waals surface area contributed by atoms with Crippen LogP contribution in [-0.2, 0) is 11.3 Å². The summed E-state index contributed by atoms with van der Waals surface area (Å²) in [5.41, 5.74) is 1.52. The first-order chi connectivity index (χ1) is 10.2. The van der Waals surface area contributed by atoms with Crippen molar-refractivity contribution in [1.29, 1.82) is 0 Å². The Kier molecular flexibility index (Phi) is 4.02. The highest BCUT2D eigenvalue weighted by Gasteiger charge is 2.09. The van der Waals surface area contributed by atoms with Crippen LogP contribution in [0.3, 0.4) is 0 Å². The molecule has 0 saturated carbocycles. The standard InChI is InChI=1S/C18H13BrO2/c19-17-8-4-3-7-16(17)12-21-18(20)15-10-9-13-5-1-2-6-14(13)11-15/h1-11H,12H2. The number of fused-ring (bicyclic) bond motifs is 1. The van der Waals surface area contributed by atoms with Crippen molar-refractivity contribution in [2.75, 3.05) is 0 Å². The first-order valence-corrected chi connectivity index (χ1v) is 7.43. The lowest BCUT2D eigenvalue weighted by atomic mass is 10.1. The second kappa shape index (κ2) is 6.10. The average molecular weight is 341 g/mol. The van der Waals surface area contributed by atoms with Crippen molar-refractivity contribution in [2.45, 2.75) is 6.61 Å². The number of halogens is 1. The first-order valence-electron chi connectivity index (χ1n) is 6.63. The molecule has 0 aliphatic rings. The van der Waals surface area contributed by atoms with Gasteiger partial charge in [-0.15, -0.1) is 0 Å². The number of hydrogen-bond donors (Lipinski definition) is 0. The maximum atomic E-state index is 12.1. The molecule has 21 heavy (non-hydrogen) atoms. The SMILES string of the molecule is O=C(OCc1ccccc1Br)c1ccc2ccccc2c1. The number of ether oxygens (including phenoxy) is 1. The van der Waals surface area contributed by atoms with Crippen molar-refractivity contribution >= 4 is 32.7 Å². The smallest absolute Gasteiger partial charge is 0.338 e. The quantitative estimate of drug-likeness (QED) is 0.630. The van der Waals surface area contributed by atoms with Crippen LogP contribution in [0.4, 0.5) is 0 Å². The van der Waals surface area contributed by atoms with Crippen molar-refractivity contribution in [3.05, 3.63) is 82.3 Å². The normalized spacial score (nSPS) is 10.5. The largest absolute Gasteiger partial charge is 0.457 e. The Balaban J connectivity index is 1.76. The van der Waals surface area contributed by atoms with E-state index >= 15 is 0 Å². The van der Waals surface area contributed by atoms with E-state index in [0.29, 0.717) is 5.56 Å². The van der Waals surface area contributed by atoms with Gasteiger partial charge in [-0.25, -0.2) is 4.79 Å². The van der Waals surface area contributed by atoms with E-state index in [0.717, 1.165) is 20.8 Å². The van der Waals surface area contributed by atoms with E-state index in [-0.39, 0.29) is 12.6 Å². The number of carbonyl (C=O) groups is 1. The second-order valence-electron chi connectivity index (χ2n) is 4.73. The lowest BCUT2D eigenvalue weighted by Gasteiger charge is -2.07. The van der Waals surface area contributed by atoms with Gasteiger partial charge < -0.3 is 4.74 Å². The molecular weight excluding hydrogens is 328 g/mol. The van der Waals surface area contributed by atoms with Gasteiger partial charge in [-0.2, -0.15) is 0 Å². The number of carbonyl (C=O) groups excluding carboxylic acids is 1. The summed E-state index contributed by atoms with van der Waals surface area (Å²) in [5.74, 6) is -0.309. The number of hydrogen-bond acceptors (Lipinski definition) is 2. The van der Waals surface area contributed by atoms with Crippen molar-refractivity contribution < 1.29 is 9.53 Å². The minimum atomic E-state index is -0.309. The predicted molar refractivity (Wildman–Crippen MR) is 87.2 cm³/mol. The van der Waals surface area contributed by atoms with Crippen molar-refractivity contribution in [3.8, 4) is 0 Å². The Hall–Kier alpha value is -2.13. The monoisotopic (exact) mass is 340 g/mol. The van der Waals surface area contributed by atoms with Crippen LogP contribution in [0, 0.1) is 0 Å². The van der Waals surface area contributed by atoms with Crippen LogP contribution in [0.1, 0.15) is 15.9 Å². The fourth-order valence-corrected chi connectivity index (χ4v) is 2.56. The van der Waals surface area contributed by atoms with Gasteiger partial charge in [0.05, 0.1) is 5.56 Å². The highest BCUT2D eigenvalue weighted by atomic mass is 79.9. The number of benzene rings is 3. The van der Waals surface area contributed by atoms with E-state index in [1.807, 2.05) is 60.7 Å². The van der Waals surface area contributed by atoms with Crippen LogP contribution in [0.25, 0.3) is 10.8 Å². The van der Waals surface area contributed by atoms with Gasteiger partial charge in [-0.1, -0.05) is 64.5 Å². The molecule has 104 valence electrons. The molecule has 0 saturated heterocycles. The zero-order valence-electron chi connectivity index (χ0n) is 11.3. The average Bonchev–Trinajstić information content (AvgIpc) is 2.53. The zero-order valence-corrected chi connectivity index (χ0v) is 12.8. The number of esters is 1. The Morgan fingerprint density at radius 3 is 2.43 bits per heavy atom. The summed E-state index contributed by atoms with van der Waals surface area (Å²) in [6.45, 7) is 0.257. The van der Waals surface area contributed by atoms with E-state index in [1.165, 1.54) is 0 Å². The van der Waals surface area contributed by atoms with Crippen molar-refractivity contribution in [2.24, 2.45) is 0 Å². The van der Waals surface area contributed by atoms with Crippen LogP contribution in [0.2, 0.25) is 0 Å². The van der Waals surface area contributed by atoms with E-state index in [9.17, 15) is 4.79 Å². The second-order valence-corrected chi connectivity index (χ2v) is 5.58. The molecule has 0 aliphatic carbocycles. The molecule has 0 atom stereocenters. The Morgan fingerprint density at radius 1 is 0.905 bits per heavy atom. The molecule has 0 fully saturated rings. The van der Waals surface area contributed by atoms with Gasteiger partial charge in [0, 0.05) is 10.0 Å². The third-order valence-electron chi connectivity index (χ3n) is 3.30. The van der Waals surface area contributed by atoms with Crippen molar-refractivity contribution in [3.63, 3.8) is 0 Å². The Labute approximate surface area is 131 Å². The van der Waals surface area contributed by atoms with Crippen molar-refractivity contribution in [1.82, 2.24) is 0 Å². The lowest BCUT2D eigenvalue weighted by molar-refractivity contribution is 0.0472. The zero-order chi connectivity index (χ0) is 14.7. The highest BCUT2D eigenvalue weighted by molar-refractivity contribution is 9.10. The Morgan fingerprint density at radius 2 is 1.62 bits per heavy atom. The third kappa shape index (κ3) is 3.14. The molecule has 0 bridgehead atoms. The van der Waals surface area contributed by atoms with Crippen LogP contribution in [-0.4, -0.2) is 5.97 Å². The maximum absolute atomic E-state index is 12.1.